The zero-order valence-electron chi connectivity index (χ0n) is 31.4. The molecule has 54 heavy (non-hydrogen) atoms. The zero-order chi connectivity index (χ0) is 38.1. The number of nitrogens with one attached hydrogen (secondary N) is 2. The number of ether oxygens (including phenoxy) is 4. The first-order chi connectivity index (χ1) is 26.3. The van der Waals surface area contributed by atoms with Gasteiger partial charge in [-0.05, 0) is 47.7 Å². The molecule has 3 saturated heterocycles. The Kier molecular flexibility index (Phi) is 13.4. The van der Waals surface area contributed by atoms with E-state index in [4.69, 9.17) is 34.0 Å². The van der Waals surface area contributed by atoms with Crippen LogP contribution in [0.25, 0.3) is 6.08 Å². The zero-order valence-corrected chi connectivity index (χ0v) is 31.4. The van der Waals surface area contributed by atoms with E-state index in [9.17, 15) is 14.4 Å². The maximum absolute atomic E-state index is 14.8. The summed E-state index contributed by atoms with van der Waals surface area (Å²) in [5.41, 5.74) is 1.45. The number of carbonyl (C=O) groups is 3. The predicted octanol–water partition coefficient (Wildman–Crippen LogP) is 4.15. The van der Waals surface area contributed by atoms with Crippen molar-refractivity contribution in [3.8, 4) is 0 Å². The molecule has 13 heteroatoms. The lowest BCUT2D eigenvalue weighted by Crippen LogP contribution is -2.69. The lowest BCUT2D eigenvalue weighted by Gasteiger charge is -2.48. The van der Waals surface area contributed by atoms with E-state index in [2.05, 4.69) is 24.5 Å². The standard InChI is InChI=1S/C41H55N3O10/c1-3-5-7-16-40(17-8-6-4-2)52-33-32-25-41(39(49)43-26-29-12-10-14-31(24-29)37(47)42-18-19-45)35(38(48)51-32)44(54-36(41)34(33)53-40)27-30-13-9-11-28(23-30)15-21-50-22-20-46/h9-15,21,23-24,32-36,45-46H,3-8,16-20,22,25-27H2,1-2H3,(H,42,47)(H,43,49)/t32-,33+,34+,35+,36-,41+/m1/s1. The Morgan fingerprint density at radius 1 is 0.944 bits per heavy atom. The summed E-state index contributed by atoms with van der Waals surface area (Å²) >= 11 is 0. The van der Waals surface area contributed by atoms with E-state index in [1.807, 2.05) is 30.3 Å². The summed E-state index contributed by atoms with van der Waals surface area (Å²) in [5.74, 6) is -2.10. The van der Waals surface area contributed by atoms with Crippen molar-refractivity contribution in [1.29, 1.82) is 0 Å². The maximum atomic E-state index is 14.8. The van der Waals surface area contributed by atoms with Crippen molar-refractivity contribution in [1.82, 2.24) is 15.7 Å². The van der Waals surface area contributed by atoms with Crippen LogP contribution in [0.5, 0.6) is 0 Å². The number of aliphatic hydroxyl groups excluding tert-OH is 2. The third-order valence-corrected chi connectivity index (χ3v) is 10.9. The summed E-state index contributed by atoms with van der Waals surface area (Å²) in [6.07, 6.45) is 8.13. The molecule has 4 fully saturated rings. The summed E-state index contributed by atoms with van der Waals surface area (Å²) in [6.45, 7) is 4.67. The third-order valence-electron chi connectivity index (χ3n) is 10.9. The smallest absolute Gasteiger partial charge is 0.327 e. The van der Waals surface area contributed by atoms with Gasteiger partial charge in [0, 0.05) is 37.9 Å². The first-order valence-electron chi connectivity index (χ1n) is 19.5. The van der Waals surface area contributed by atoms with Gasteiger partial charge in [0.1, 0.15) is 36.4 Å². The van der Waals surface area contributed by atoms with Gasteiger partial charge < -0.3 is 39.8 Å². The highest BCUT2D eigenvalue weighted by Gasteiger charge is 2.76. The number of hydroxylamine groups is 2. The molecule has 6 atom stereocenters. The monoisotopic (exact) mass is 749 g/mol. The number of carbonyl (C=O) groups excluding carboxylic acids is 3. The molecule has 0 spiro atoms. The minimum Gasteiger partial charge on any atom is -0.499 e. The van der Waals surface area contributed by atoms with Crippen LogP contribution in [0.15, 0.2) is 54.8 Å². The fraction of sp³-hybridized carbons (Fsp3) is 0.585. The van der Waals surface area contributed by atoms with Crippen molar-refractivity contribution in [3.05, 3.63) is 77.0 Å². The number of fused-ring (bicyclic) bond motifs is 4. The van der Waals surface area contributed by atoms with Crippen molar-refractivity contribution in [2.24, 2.45) is 5.41 Å². The quantitative estimate of drug-likeness (QED) is 0.0874. The van der Waals surface area contributed by atoms with E-state index in [1.54, 1.807) is 29.3 Å². The van der Waals surface area contributed by atoms with Gasteiger partial charge in [-0.2, -0.15) is 5.06 Å². The molecule has 4 aliphatic rings. The van der Waals surface area contributed by atoms with E-state index in [1.165, 1.54) is 6.26 Å². The van der Waals surface area contributed by atoms with E-state index in [0.29, 0.717) is 24.0 Å². The Bertz CT molecular complexity index is 1630. The van der Waals surface area contributed by atoms with Crippen LogP contribution in [0.4, 0.5) is 0 Å². The van der Waals surface area contributed by atoms with Crippen molar-refractivity contribution < 1.29 is 48.4 Å². The van der Waals surface area contributed by atoms with E-state index in [-0.39, 0.29) is 57.7 Å². The topological polar surface area (TPSA) is 165 Å². The largest absolute Gasteiger partial charge is 0.499 e. The molecule has 2 aromatic rings. The van der Waals surface area contributed by atoms with Crippen LogP contribution in [0.3, 0.4) is 0 Å². The number of hydrogen-bond donors (Lipinski definition) is 4. The number of rotatable bonds is 20. The first kappa shape index (κ1) is 39.8. The molecule has 2 amide bonds. The molecule has 3 heterocycles. The Balaban J connectivity index is 1.31. The van der Waals surface area contributed by atoms with Gasteiger partial charge in [-0.25, -0.2) is 0 Å². The van der Waals surface area contributed by atoms with Crippen LogP contribution in [-0.2, 0) is 46.5 Å². The van der Waals surface area contributed by atoms with Crippen molar-refractivity contribution in [2.75, 3.05) is 26.4 Å². The molecule has 0 aromatic heterocycles. The number of nitrogens with zero attached hydrogens (tertiary/aromatic N) is 1. The molecule has 13 nitrogen and oxygen atoms in total. The summed E-state index contributed by atoms with van der Waals surface area (Å²) in [7, 11) is 0. The number of esters is 1. The maximum Gasteiger partial charge on any atom is 0.327 e. The van der Waals surface area contributed by atoms with Crippen LogP contribution in [0.1, 0.15) is 98.7 Å². The predicted molar refractivity (Wildman–Crippen MR) is 198 cm³/mol. The minimum atomic E-state index is -1.35. The number of aliphatic hydroxyl groups is 2. The van der Waals surface area contributed by atoms with Gasteiger partial charge in [-0.3, -0.25) is 19.2 Å². The Hall–Kier alpha value is -3.85. The molecule has 2 aromatic carbocycles. The first-order valence-corrected chi connectivity index (χ1v) is 19.5. The fourth-order valence-corrected chi connectivity index (χ4v) is 8.36. The van der Waals surface area contributed by atoms with Gasteiger partial charge in [-0.15, -0.1) is 0 Å². The van der Waals surface area contributed by atoms with Crippen molar-refractivity contribution >= 4 is 23.9 Å². The molecule has 2 bridgehead atoms. The Morgan fingerprint density at radius 2 is 1.69 bits per heavy atom. The van der Waals surface area contributed by atoms with Crippen LogP contribution >= 0.6 is 0 Å². The second-order valence-electron chi connectivity index (χ2n) is 14.7. The molecular formula is C41H55N3O10. The third kappa shape index (κ3) is 8.51. The summed E-state index contributed by atoms with van der Waals surface area (Å²) in [4.78, 5) is 48.3. The Morgan fingerprint density at radius 3 is 2.43 bits per heavy atom. The highest BCUT2D eigenvalue weighted by atomic mass is 16.8. The molecule has 4 N–H and O–H groups in total. The molecule has 3 aliphatic heterocycles. The molecule has 294 valence electrons. The highest BCUT2D eigenvalue weighted by molar-refractivity contribution is 5.95. The lowest BCUT2D eigenvalue weighted by atomic mass is 9.62. The van der Waals surface area contributed by atoms with Crippen LogP contribution < -0.4 is 10.6 Å². The molecular weight excluding hydrogens is 694 g/mol. The molecule has 6 rings (SSSR count). The van der Waals surface area contributed by atoms with E-state index >= 15 is 0 Å². The van der Waals surface area contributed by atoms with Gasteiger partial charge in [0.25, 0.3) is 5.91 Å². The highest BCUT2D eigenvalue weighted by Crippen LogP contribution is 2.58. The molecule has 1 saturated carbocycles. The summed E-state index contributed by atoms with van der Waals surface area (Å²) < 4.78 is 25.3. The molecule has 0 radical (unpaired) electrons. The van der Waals surface area contributed by atoms with Gasteiger partial charge in [0.05, 0.1) is 26.0 Å². The SMILES string of the molecule is CCCCCC1(CCCCC)O[C@@H]2[C@H](O1)[C@H]1ON(Cc3cccc(C=COCCO)c3)[C@H]3C(=O)O[C@@H]2C[C@@]13C(=O)NCc1cccc(C(=O)NCCO)c1. The molecule has 0 unspecified atom stereocenters. The summed E-state index contributed by atoms with van der Waals surface area (Å²) in [6, 6.07) is 13.5. The van der Waals surface area contributed by atoms with Gasteiger partial charge in [0.2, 0.25) is 5.91 Å². The fourth-order valence-electron chi connectivity index (χ4n) is 8.36. The minimum absolute atomic E-state index is 0.0876. The number of benzene rings is 2. The van der Waals surface area contributed by atoms with Gasteiger partial charge in [-0.1, -0.05) is 75.9 Å². The van der Waals surface area contributed by atoms with Crippen LogP contribution in [-0.4, -0.2) is 95.7 Å². The molecule has 1 aliphatic carbocycles. The number of hydrogen-bond acceptors (Lipinski definition) is 11. The number of amides is 2. The van der Waals surface area contributed by atoms with Gasteiger partial charge >= 0.3 is 5.97 Å². The van der Waals surface area contributed by atoms with Crippen molar-refractivity contribution in [2.45, 2.75) is 121 Å². The second-order valence-corrected chi connectivity index (χ2v) is 14.7. The van der Waals surface area contributed by atoms with Crippen molar-refractivity contribution in [3.63, 3.8) is 0 Å². The van der Waals surface area contributed by atoms with Gasteiger partial charge in [0.15, 0.2) is 11.8 Å². The van der Waals surface area contributed by atoms with Crippen LogP contribution in [0.2, 0.25) is 0 Å². The second kappa shape index (κ2) is 18.2. The summed E-state index contributed by atoms with van der Waals surface area (Å²) in [5, 5.41) is 25.5. The normalized spacial score (nSPS) is 26.7. The van der Waals surface area contributed by atoms with E-state index in [0.717, 1.165) is 49.7 Å². The average Bonchev–Trinajstić information content (AvgIpc) is 3.73. The number of unbranched alkanes of at least 4 members (excludes halogenated alkanes) is 4. The Labute approximate surface area is 317 Å². The lowest BCUT2D eigenvalue weighted by molar-refractivity contribution is -0.224. The van der Waals surface area contributed by atoms with Crippen LogP contribution in [0, 0.1) is 5.41 Å². The van der Waals surface area contributed by atoms with E-state index < -0.39 is 47.6 Å². The average molecular weight is 750 g/mol.